The number of aromatic nitrogens is 1. The van der Waals surface area contributed by atoms with Gasteiger partial charge in [0.2, 0.25) is 0 Å². The number of rotatable bonds is 1. The largest absolute Gasteiger partial charge is 0.370 e. The van der Waals surface area contributed by atoms with Gasteiger partial charge >= 0.3 is 0 Å². The van der Waals surface area contributed by atoms with Gasteiger partial charge in [0.05, 0.1) is 0 Å². The average Bonchev–Trinajstić information content (AvgIpc) is 2.72. The first-order valence-electron chi connectivity index (χ1n) is 4.90. The van der Waals surface area contributed by atoms with Crippen LogP contribution in [0, 0.1) is 5.41 Å². The van der Waals surface area contributed by atoms with Crippen molar-refractivity contribution < 1.29 is 4.79 Å². The second-order valence-electron chi connectivity index (χ2n) is 3.63. The van der Waals surface area contributed by atoms with Crippen molar-refractivity contribution in [3.05, 3.63) is 34.4 Å². The van der Waals surface area contributed by atoms with Crippen molar-refractivity contribution in [2.24, 2.45) is 5.73 Å². The molecule has 2 rings (SSSR count). The van der Waals surface area contributed by atoms with E-state index in [0.29, 0.717) is 5.69 Å². The first-order chi connectivity index (χ1) is 8.00. The highest BCUT2D eigenvalue weighted by Gasteiger charge is 2.16. The van der Waals surface area contributed by atoms with Gasteiger partial charge in [-0.3, -0.25) is 15.1 Å². The number of hydrogen-bond donors (Lipinski definition) is 3. The third-order valence-electron chi connectivity index (χ3n) is 2.51. The Morgan fingerprint density at radius 1 is 1.50 bits per heavy atom. The number of nitrogens with two attached hydrogens (primary N) is 1. The SMILES string of the molecule is CN(C(=N)N)C(=O)c1cc2c(Br)cccc2[nH]1.Cl. The summed E-state index contributed by atoms with van der Waals surface area (Å²) in [6, 6.07) is 7.40. The second-order valence-corrected chi connectivity index (χ2v) is 4.49. The van der Waals surface area contributed by atoms with E-state index in [1.807, 2.05) is 18.2 Å². The zero-order valence-corrected chi connectivity index (χ0v) is 11.9. The molecule has 96 valence electrons. The van der Waals surface area contributed by atoms with E-state index in [2.05, 4.69) is 20.9 Å². The summed E-state index contributed by atoms with van der Waals surface area (Å²) in [6.45, 7) is 0. The van der Waals surface area contributed by atoms with E-state index in [4.69, 9.17) is 11.1 Å². The molecule has 0 unspecified atom stereocenters. The summed E-state index contributed by atoms with van der Waals surface area (Å²) < 4.78 is 0.913. The fourth-order valence-electron chi connectivity index (χ4n) is 1.52. The maximum atomic E-state index is 11.9. The molecule has 18 heavy (non-hydrogen) atoms. The normalized spacial score (nSPS) is 9.89. The Kier molecular flexibility index (Phi) is 4.37. The number of aromatic amines is 1. The van der Waals surface area contributed by atoms with Crippen LogP contribution in [-0.2, 0) is 0 Å². The fourth-order valence-corrected chi connectivity index (χ4v) is 2.00. The number of amides is 1. The van der Waals surface area contributed by atoms with Gasteiger partial charge in [-0.25, -0.2) is 0 Å². The summed E-state index contributed by atoms with van der Waals surface area (Å²) in [5, 5.41) is 8.14. The number of carbonyl (C=O) groups excluding carboxylic acids is 1. The summed E-state index contributed by atoms with van der Waals surface area (Å²) >= 11 is 3.41. The first kappa shape index (κ1) is 14.5. The van der Waals surface area contributed by atoms with Crippen LogP contribution in [0.15, 0.2) is 28.7 Å². The highest BCUT2D eigenvalue weighted by Crippen LogP contribution is 2.24. The number of nitrogens with one attached hydrogen (secondary N) is 2. The number of benzene rings is 1. The Balaban J connectivity index is 0.00000162. The number of halogens is 2. The molecule has 1 heterocycles. The van der Waals surface area contributed by atoms with Crippen LogP contribution in [0.1, 0.15) is 10.5 Å². The second kappa shape index (κ2) is 5.41. The summed E-state index contributed by atoms with van der Waals surface area (Å²) in [7, 11) is 1.46. The molecule has 5 nitrogen and oxygen atoms in total. The molecule has 0 aliphatic heterocycles. The lowest BCUT2D eigenvalue weighted by molar-refractivity contribution is 0.0864. The molecule has 0 bridgehead atoms. The van der Waals surface area contributed by atoms with Gasteiger partial charge in [0.15, 0.2) is 5.96 Å². The lowest BCUT2D eigenvalue weighted by atomic mass is 10.2. The Hall–Kier alpha value is -1.53. The summed E-state index contributed by atoms with van der Waals surface area (Å²) in [5.41, 5.74) is 6.53. The lowest BCUT2D eigenvalue weighted by Gasteiger charge is -2.12. The van der Waals surface area contributed by atoms with Gasteiger partial charge in [0.25, 0.3) is 5.91 Å². The van der Waals surface area contributed by atoms with Gasteiger partial charge in [0, 0.05) is 22.4 Å². The number of guanidine groups is 1. The molecule has 4 N–H and O–H groups in total. The van der Waals surface area contributed by atoms with Crippen molar-refractivity contribution in [1.82, 2.24) is 9.88 Å². The minimum absolute atomic E-state index is 0. The Morgan fingerprint density at radius 3 is 2.72 bits per heavy atom. The van der Waals surface area contributed by atoms with Crippen LogP contribution >= 0.6 is 28.3 Å². The molecule has 0 atom stereocenters. The number of hydrogen-bond acceptors (Lipinski definition) is 2. The van der Waals surface area contributed by atoms with E-state index in [9.17, 15) is 4.79 Å². The maximum absolute atomic E-state index is 11.9. The molecule has 0 saturated heterocycles. The van der Waals surface area contributed by atoms with Gasteiger partial charge in [-0.1, -0.05) is 22.0 Å². The topological polar surface area (TPSA) is 86.0 Å². The molecule has 0 spiro atoms. The standard InChI is InChI=1S/C11H11BrN4O.ClH/c1-16(11(13)14)10(17)9-5-6-7(12)3-2-4-8(6)15-9;/h2-5,15H,1H3,(H3,13,14);1H. The monoisotopic (exact) mass is 330 g/mol. The van der Waals surface area contributed by atoms with Crippen molar-refractivity contribution >= 4 is 51.1 Å². The van der Waals surface area contributed by atoms with E-state index in [0.717, 1.165) is 20.3 Å². The summed E-state index contributed by atoms with van der Waals surface area (Å²) in [4.78, 5) is 16.0. The molecule has 0 radical (unpaired) electrons. The highest BCUT2D eigenvalue weighted by atomic mass is 79.9. The van der Waals surface area contributed by atoms with Crippen molar-refractivity contribution in [1.29, 1.82) is 5.41 Å². The molecule has 1 aromatic carbocycles. The van der Waals surface area contributed by atoms with Gasteiger partial charge in [0.1, 0.15) is 5.69 Å². The lowest BCUT2D eigenvalue weighted by Crippen LogP contribution is -2.38. The summed E-state index contributed by atoms with van der Waals surface area (Å²) in [6.07, 6.45) is 0. The molecular formula is C11H12BrClN4O. The zero-order chi connectivity index (χ0) is 12.6. The zero-order valence-electron chi connectivity index (χ0n) is 9.53. The molecule has 1 amide bonds. The van der Waals surface area contributed by atoms with Crippen molar-refractivity contribution in [3.8, 4) is 0 Å². The molecule has 2 aromatic rings. The average molecular weight is 332 g/mol. The predicted octanol–water partition coefficient (Wildman–Crippen LogP) is 2.32. The van der Waals surface area contributed by atoms with Gasteiger partial charge in [-0.15, -0.1) is 12.4 Å². The van der Waals surface area contributed by atoms with Gasteiger partial charge < -0.3 is 10.7 Å². The minimum Gasteiger partial charge on any atom is -0.370 e. The van der Waals surface area contributed by atoms with Crippen LogP contribution in [0.4, 0.5) is 0 Å². The van der Waals surface area contributed by atoms with E-state index in [1.165, 1.54) is 7.05 Å². The number of fused-ring (bicyclic) bond motifs is 1. The Bertz CT molecular complexity index is 610. The van der Waals surface area contributed by atoms with Crippen molar-refractivity contribution in [2.75, 3.05) is 7.05 Å². The number of carbonyl (C=O) groups is 1. The molecular weight excluding hydrogens is 320 g/mol. The van der Waals surface area contributed by atoms with Crippen LogP contribution in [-0.4, -0.2) is 28.8 Å². The first-order valence-corrected chi connectivity index (χ1v) is 5.69. The minimum atomic E-state index is -0.333. The van der Waals surface area contributed by atoms with Gasteiger partial charge in [-0.2, -0.15) is 0 Å². The number of H-pyrrole nitrogens is 1. The fraction of sp³-hybridized carbons (Fsp3) is 0.0909. The third-order valence-corrected chi connectivity index (χ3v) is 3.20. The predicted molar refractivity (Wildman–Crippen MR) is 77.3 cm³/mol. The van der Waals surface area contributed by atoms with E-state index in [1.54, 1.807) is 6.07 Å². The molecule has 0 fully saturated rings. The van der Waals surface area contributed by atoms with Crippen LogP contribution in [0.25, 0.3) is 10.9 Å². The summed E-state index contributed by atoms with van der Waals surface area (Å²) in [5.74, 6) is -0.617. The quantitative estimate of drug-likeness (QED) is 0.553. The Labute approximate surface area is 118 Å². The van der Waals surface area contributed by atoms with E-state index in [-0.39, 0.29) is 24.3 Å². The van der Waals surface area contributed by atoms with Crippen molar-refractivity contribution in [3.63, 3.8) is 0 Å². The third kappa shape index (κ3) is 2.49. The van der Waals surface area contributed by atoms with Crippen LogP contribution in [0.3, 0.4) is 0 Å². The molecule has 0 aliphatic rings. The van der Waals surface area contributed by atoms with Crippen molar-refractivity contribution in [2.45, 2.75) is 0 Å². The Morgan fingerprint density at radius 2 is 2.17 bits per heavy atom. The molecule has 1 aromatic heterocycles. The van der Waals surface area contributed by atoms with Crippen LogP contribution in [0.2, 0.25) is 0 Å². The molecule has 0 aliphatic carbocycles. The van der Waals surface area contributed by atoms with Crippen LogP contribution < -0.4 is 5.73 Å². The maximum Gasteiger partial charge on any atom is 0.276 e. The number of nitrogens with zero attached hydrogens (tertiary/aromatic N) is 1. The van der Waals surface area contributed by atoms with Gasteiger partial charge in [-0.05, 0) is 18.2 Å². The highest BCUT2D eigenvalue weighted by molar-refractivity contribution is 9.10. The van der Waals surface area contributed by atoms with E-state index >= 15 is 0 Å². The van der Waals surface area contributed by atoms with Crippen LogP contribution in [0.5, 0.6) is 0 Å². The molecule has 7 heteroatoms. The smallest absolute Gasteiger partial charge is 0.276 e. The van der Waals surface area contributed by atoms with E-state index < -0.39 is 0 Å². The molecule has 0 saturated carbocycles.